The molecule has 1 aromatic carbocycles. The van der Waals surface area contributed by atoms with E-state index in [2.05, 4.69) is 49.0 Å². The zero-order valence-corrected chi connectivity index (χ0v) is 15.5. The lowest BCUT2D eigenvalue weighted by atomic mass is 10.1. The van der Waals surface area contributed by atoms with E-state index in [4.69, 9.17) is 17.0 Å². The Balaban J connectivity index is 1.92. The molecule has 3 rings (SSSR count). The first-order valence-electron chi connectivity index (χ1n) is 7.28. The molecule has 1 saturated heterocycles. The quantitative estimate of drug-likeness (QED) is 0.453. The van der Waals surface area contributed by atoms with Crippen LogP contribution in [0.1, 0.15) is 30.8 Å². The molecular formula is C14H17BrN6O2S. The van der Waals surface area contributed by atoms with Gasteiger partial charge in [-0.25, -0.2) is 5.43 Å². The fraction of sp³-hybridized carbons (Fsp3) is 0.357. The number of aromatic nitrogens is 3. The summed E-state index contributed by atoms with van der Waals surface area (Å²) in [4.78, 5) is 0. The van der Waals surface area contributed by atoms with Crippen LogP contribution in [0.3, 0.4) is 0 Å². The summed E-state index contributed by atoms with van der Waals surface area (Å²) in [7, 11) is 1.49. The van der Waals surface area contributed by atoms with Crippen molar-refractivity contribution in [2.75, 3.05) is 7.11 Å². The average Bonchev–Trinajstić information content (AvgIpc) is 3.14. The van der Waals surface area contributed by atoms with Gasteiger partial charge in [-0.3, -0.25) is 10.5 Å². The van der Waals surface area contributed by atoms with Crippen LogP contribution in [0.2, 0.25) is 0 Å². The van der Waals surface area contributed by atoms with Gasteiger partial charge in [-0.15, -0.1) is 0 Å². The van der Waals surface area contributed by atoms with Crippen molar-refractivity contribution in [2.45, 2.75) is 25.4 Å². The standard InChI is InChI=1S/C14H17BrN6O2S/c1-7-3-10(18-17-7)13-19-20-14(24)21(13)16-6-8-4-9(15)12(22)11(5-8)23-2/h4-7,10,17-18,22H,3H2,1-2H3,(H,20,24)/b16-6+. The van der Waals surface area contributed by atoms with Crippen molar-refractivity contribution in [1.29, 1.82) is 0 Å². The van der Waals surface area contributed by atoms with Crippen molar-refractivity contribution >= 4 is 34.4 Å². The third-order valence-electron chi connectivity index (χ3n) is 3.67. The van der Waals surface area contributed by atoms with Gasteiger partial charge in [0.15, 0.2) is 17.3 Å². The molecule has 2 atom stereocenters. The normalized spacial score (nSPS) is 20.8. The predicted octanol–water partition coefficient (Wildman–Crippen LogP) is 2.23. The number of benzene rings is 1. The molecule has 2 aromatic rings. The van der Waals surface area contributed by atoms with Gasteiger partial charge in [-0.05, 0) is 59.2 Å². The molecule has 8 nitrogen and oxygen atoms in total. The summed E-state index contributed by atoms with van der Waals surface area (Å²) < 4.78 is 7.65. The number of nitrogens with one attached hydrogen (secondary N) is 3. The number of methoxy groups -OCH3 is 1. The molecule has 128 valence electrons. The van der Waals surface area contributed by atoms with E-state index in [9.17, 15) is 5.11 Å². The SMILES string of the molecule is COc1cc(/C=N/n2c(C3CC(C)NN3)n[nH]c2=S)cc(Br)c1O. The van der Waals surface area contributed by atoms with E-state index in [0.717, 1.165) is 12.0 Å². The third kappa shape index (κ3) is 3.36. The lowest BCUT2D eigenvalue weighted by Crippen LogP contribution is -2.29. The van der Waals surface area contributed by atoms with Crippen molar-refractivity contribution in [3.8, 4) is 11.5 Å². The smallest absolute Gasteiger partial charge is 0.216 e. The van der Waals surface area contributed by atoms with Crippen LogP contribution in [0.15, 0.2) is 21.7 Å². The summed E-state index contributed by atoms with van der Waals surface area (Å²) >= 11 is 8.55. The summed E-state index contributed by atoms with van der Waals surface area (Å²) in [6.45, 7) is 2.09. The number of hydrogen-bond donors (Lipinski definition) is 4. The molecule has 0 saturated carbocycles. The van der Waals surface area contributed by atoms with Gasteiger partial charge in [-0.2, -0.15) is 14.9 Å². The monoisotopic (exact) mass is 412 g/mol. The maximum absolute atomic E-state index is 9.86. The first-order valence-corrected chi connectivity index (χ1v) is 8.49. The average molecular weight is 413 g/mol. The number of halogens is 1. The lowest BCUT2D eigenvalue weighted by molar-refractivity contribution is 0.372. The number of aromatic hydroxyl groups is 1. The van der Waals surface area contributed by atoms with Crippen molar-refractivity contribution in [1.82, 2.24) is 25.7 Å². The minimum absolute atomic E-state index is 0.0196. The van der Waals surface area contributed by atoms with Gasteiger partial charge in [-0.1, -0.05) is 0 Å². The van der Waals surface area contributed by atoms with Gasteiger partial charge in [0, 0.05) is 6.04 Å². The number of aromatic amines is 1. The van der Waals surface area contributed by atoms with E-state index >= 15 is 0 Å². The van der Waals surface area contributed by atoms with E-state index in [-0.39, 0.29) is 11.8 Å². The molecule has 0 radical (unpaired) electrons. The zero-order chi connectivity index (χ0) is 17.3. The van der Waals surface area contributed by atoms with Crippen molar-refractivity contribution < 1.29 is 9.84 Å². The number of phenols is 1. The van der Waals surface area contributed by atoms with E-state index in [1.54, 1.807) is 23.0 Å². The van der Waals surface area contributed by atoms with Gasteiger partial charge in [0.05, 0.1) is 23.8 Å². The molecule has 1 aliphatic heterocycles. The Kier molecular flexibility index (Phi) is 4.99. The van der Waals surface area contributed by atoms with Crippen LogP contribution in [0, 0.1) is 4.77 Å². The van der Waals surface area contributed by atoms with Gasteiger partial charge in [0.1, 0.15) is 0 Å². The molecule has 2 heterocycles. The maximum atomic E-state index is 9.86. The Hall–Kier alpha value is -1.75. The highest BCUT2D eigenvalue weighted by atomic mass is 79.9. The van der Waals surface area contributed by atoms with E-state index in [1.807, 2.05) is 0 Å². The summed E-state index contributed by atoms with van der Waals surface area (Å²) in [5.74, 6) is 1.11. The second-order valence-corrected chi connectivity index (χ2v) is 6.72. The first kappa shape index (κ1) is 17.1. The molecule has 24 heavy (non-hydrogen) atoms. The summed E-state index contributed by atoms with van der Waals surface area (Å²) in [6, 6.07) is 3.79. The fourth-order valence-corrected chi connectivity index (χ4v) is 3.12. The highest BCUT2D eigenvalue weighted by Crippen LogP contribution is 2.34. The molecule has 10 heteroatoms. The van der Waals surface area contributed by atoms with Crippen LogP contribution < -0.4 is 15.6 Å². The third-order valence-corrected chi connectivity index (χ3v) is 4.54. The van der Waals surface area contributed by atoms with Gasteiger partial charge in [0.25, 0.3) is 0 Å². The Morgan fingerprint density at radius 3 is 2.96 bits per heavy atom. The molecule has 1 aromatic heterocycles. The lowest BCUT2D eigenvalue weighted by Gasteiger charge is -2.08. The van der Waals surface area contributed by atoms with Crippen molar-refractivity contribution in [3.05, 3.63) is 32.8 Å². The molecule has 2 unspecified atom stereocenters. The minimum Gasteiger partial charge on any atom is -0.503 e. The first-order chi connectivity index (χ1) is 11.5. The molecule has 1 aliphatic rings. The van der Waals surface area contributed by atoms with Gasteiger partial charge < -0.3 is 9.84 Å². The molecule has 0 amide bonds. The minimum atomic E-state index is 0.0196. The molecule has 0 spiro atoms. The Labute approximate surface area is 152 Å². The number of ether oxygens (including phenoxy) is 1. The number of rotatable bonds is 4. The van der Waals surface area contributed by atoms with Gasteiger partial charge in [0.2, 0.25) is 4.77 Å². The number of H-pyrrole nitrogens is 1. The zero-order valence-electron chi connectivity index (χ0n) is 13.1. The van der Waals surface area contributed by atoms with E-state index in [0.29, 0.717) is 26.9 Å². The summed E-state index contributed by atoms with van der Waals surface area (Å²) in [6.07, 6.45) is 2.51. The number of hydrazine groups is 1. The largest absolute Gasteiger partial charge is 0.503 e. The van der Waals surface area contributed by atoms with E-state index < -0.39 is 0 Å². The van der Waals surface area contributed by atoms with Crippen LogP contribution in [0.4, 0.5) is 0 Å². The molecule has 0 aliphatic carbocycles. The molecule has 1 fully saturated rings. The Morgan fingerprint density at radius 2 is 2.29 bits per heavy atom. The molecule has 4 N–H and O–H groups in total. The highest BCUT2D eigenvalue weighted by molar-refractivity contribution is 9.10. The van der Waals surface area contributed by atoms with E-state index in [1.165, 1.54) is 7.11 Å². The van der Waals surface area contributed by atoms with Crippen LogP contribution in [0.5, 0.6) is 11.5 Å². The van der Waals surface area contributed by atoms with Gasteiger partial charge >= 0.3 is 0 Å². The fourth-order valence-electron chi connectivity index (χ4n) is 2.47. The van der Waals surface area contributed by atoms with Crippen molar-refractivity contribution in [3.63, 3.8) is 0 Å². The second-order valence-electron chi connectivity index (χ2n) is 5.47. The topological polar surface area (TPSA) is 99.5 Å². The van der Waals surface area contributed by atoms with Crippen molar-refractivity contribution in [2.24, 2.45) is 5.10 Å². The van der Waals surface area contributed by atoms with Crippen LogP contribution >= 0.6 is 28.1 Å². The highest BCUT2D eigenvalue weighted by Gasteiger charge is 2.26. The van der Waals surface area contributed by atoms with Crippen LogP contribution in [0.25, 0.3) is 0 Å². The van der Waals surface area contributed by atoms with Crippen LogP contribution in [-0.2, 0) is 0 Å². The number of hydrogen-bond acceptors (Lipinski definition) is 7. The Bertz CT molecular complexity index is 833. The predicted molar refractivity (Wildman–Crippen MR) is 95.9 cm³/mol. The number of phenolic OH excluding ortho intramolecular Hbond substituents is 1. The second kappa shape index (κ2) is 7.01. The summed E-state index contributed by atoms with van der Waals surface area (Å²) in [5.41, 5.74) is 7.08. The van der Waals surface area contributed by atoms with Crippen LogP contribution in [-0.4, -0.2) is 39.3 Å². The molecular weight excluding hydrogens is 396 g/mol. The Morgan fingerprint density at radius 1 is 1.50 bits per heavy atom. The molecule has 0 bridgehead atoms. The number of nitrogens with zero attached hydrogens (tertiary/aromatic N) is 3. The summed E-state index contributed by atoms with van der Waals surface area (Å²) in [5, 5.41) is 21.3. The maximum Gasteiger partial charge on any atom is 0.216 e.